The van der Waals surface area contributed by atoms with E-state index in [1.165, 1.54) is 0 Å². The van der Waals surface area contributed by atoms with Gasteiger partial charge in [-0.3, -0.25) is 0 Å². The first-order chi connectivity index (χ1) is 10.0. The van der Waals surface area contributed by atoms with Crippen LogP contribution in [0.15, 0.2) is 16.8 Å². The highest BCUT2D eigenvalue weighted by molar-refractivity contribution is 9.11. The summed E-state index contributed by atoms with van der Waals surface area (Å²) < 4.78 is 18.5. The Morgan fingerprint density at radius 1 is 1.33 bits per heavy atom. The lowest BCUT2D eigenvalue weighted by Gasteiger charge is -2.32. The summed E-state index contributed by atoms with van der Waals surface area (Å²) in [7, 11) is 0. The van der Waals surface area contributed by atoms with Crippen LogP contribution in [0.2, 0.25) is 0 Å². The standard InChI is InChI=1S/C15H19Br2ClO3/c1-9-14(18)12-4-5-15(20-12)8-11(17)13(21-15)7-10(19-9)3-2-6-16/h3,6,9-14H,4-5,7-8H2,1H3/t2?,9-,10+,11+,12+,13-,14-,15-/m0/s1. The molecule has 0 aromatic rings. The van der Waals surface area contributed by atoms with E-state index in [1.807, 2.05) is 13.0 Å². The van der Waals surface area contributed by atoms with Gasteiger partial charge in [-0.05, 0) is 19.4 Å². The van der Waals surface area contributed by atoms with E-state index in [9.17, 15) is 0 Å². The number of hydrogen-bond donors (Lipinski definition) is 0. The molecule has 0 N–H and O–H groups in total. The van der Waals surface area contributed by atoms with E-state index >= 15 is 0 Å². The molecule has 1 spiro atoms. The minimum Gasteiger partial charge on any atom is -0.369 e. The zero-order valence-electron chi connectivity index (χ0n) is 11.8. The summed E-state index contributed by atoms with van der Waals surface area (Å²) in [6.45, 7) is 2.01. The molecule has 3 nitrogen and oxygen atoms in total. The maximum atomic E-state index is 6.56. The number of fused-ring (bicyclic) bond motifs is 2. The largest absolute Gasteiger partial charge is 0.369 e. The third-order valence-corrected chi connectivity index (χ3v) is 6.27. The second-order valence-electron chi connectivity index (χ2n) is 5.98. The van der Waals surface area contributed by atoms with Crippen molar-refractivity contribution in [2.45, 2.75) is 73.0 Å². The average Bonchev–Trinajstić information content (AvgIpc) is 2.98. The van der Waals surface area contributed by atoms with Gasteiger partial charge in [0.15, 0.2) is 5.79 Å². The second kappa shape index (κ2) is 6.64. The smallest absolute Gasteiger partial charge is 0.170 e. The molecule has 0 amide bonds. The van der Waals surface area contributed by atoms with Crippen LogP contribution in [0.3, 0.4) is 0 Å². The Bertz CT molecular complexity index is 454. The predicted octanol–water partition coefficient (Wildman–Crippen LogP) is 4.26. The van der Waals surface area contributed by atoms with Crippen LogP contribution in [0.4, 0.5) is 0 Å². The van der Waals surface area contributed by atoms with Crippen molar-refractivity contribution in [2.24, 2.45) is 0 Å². The van der Waals surface area contributed by atoms with Crippen LogP contribution in [0.25, 0.3) is 0 Å². The first-order valence-corrected chi connectivity index (χ1v) is 9.60. The molecule has 0 aromatic carbocycles. The Morgan fingerprint density at radius 2 is 2.10 bits per heavy atom. The van der Waals surface area contributed by atoms with Crippen molar-refractivity contribution in [1.82, 2.24) is 0 Å². The molecule has 3 fully saturated rings. The van der Waals surface area contributed by atoms with Crippen molar-refractivity contribution in [3.8, 4) is 0 Å². The summed E-state index contributed by atoms with van der Waals surface area (Å²) in [5.74, 6) is -0.451. The Balaban J connectivity index is 1.86. The van der Waals surface area contributed by atoms with Gasteiger partial charge in [-0.2, -0.15) is 0 Å². The fourth-order valence-corrected chi connectivity index (χ4v) is 4.63. The summed E-state index contributed by atoms with van der Waals surface area (Å²) >= 11 is 13.5. The summed E-state index contributed by atoms with van der Waals surface area (Å²) in [6.07, 6.45) is 5.35. The Kier molecular flexibility index (Phi) is 5.22. The molecule has 7 atom stereocenters. The van der Waals surface area contributed by atoms with E-state index in [-0.39, 0.29) is 34.6 Å². The van der Waals surface area contributed by atoms with Gasteiger partial charge >= 0.3 is 0 Å². The number of alkyl halides is 2. The highest BCUT2D eigenvalue weighted by Crippen LogP contribution is 2.47. The third-order valence-electron chi connectivity index (χ3n) is 4.45. The number of rotatable bonds is 1. The summed E-state index contributed by atoms with van der Waals surface area (Å²) in [5.41, 5.74) is 3.04. The molecule has 0 radical (unpaired) electrons. The van der Waals surface area contributed by atoms with Crippen LogP contribution < -0.4 is 0 Å². The SMILES string of the molecule is C[C@@H]1O[C@H](C=C=CBr)C[C@@H]2O[C@@]3(CC[C@@H](O3)[C@H]1Cl)C[C@H]2Br. The van der Waals surface area contributed by atoms with Gasteiger partial charge in [0.25, 0.3) is 0 Å². The summed E-state index contributed by atoms with van der Waals surface area (Å²) in [6, 6.07) is 0. The zero-order valence-corrected chi connectivity index (χ0v) is 15.7. The summed E-state index contributed by atoms with van der Waals surface area (Å²) in [5, 5.41) is -0.164. The molecule has 0 aliphatic carbocycles. The molecule has 0 aromatic heterocycles. The molecule has 3 rings (SSSR count). The fourth-order valence-electron chi connectivity index (χ4n) is 3.43. The van der Waals surface area contributed by atoms with Gasteiger partial charge in [0.1, 0.15) is 0 Å². The second-order valence-corrected chi connectivity index (χ2v) is 8.12. The van der Waals surface area contributed by atoms with Gasteiger partial charge in [0.05, 0.1) is 29.8 Å². The highest BCUT2D eigenvalue weighted by Gasteiger charge is 2.53. The highest BCUT2D eigenvalue weighted by atomic mass is 79.9. The molecule has 21 heavy (non-hydrogen) atoms. The Labute approximate surface area is 147 Å². The number of halogens is 3. The van der Waals surface area contributed by atoms with Crippen molar-refractivity contribution in [1.29, 1.82) is 0 Å². The lowest BCUT2D eigenvalue weighted by molar-refractivity contribution is -0.227. The van der Waals surface area contributed by atoms with Crippen LogP contribution in [0.1, 0.15) is 32.6 Å². The lowest BCUT2D eigenvalue weighted by atomic mass is 10.0. The molecular weight excluding hydrogens is 423 g/mol. The monoisotopic (exact) mass is 440 g/mol. The van der Waals surface area contributed by atoms with E-state index in [1.54, 1.807) is 4.99 Å². The van der Waals surface area contributed by atoms with Crippen molar-refractivity contribution in [3.63, 3.8) is 0 Å². The van der Waals surface area contributed by atoms with Crippen LogP contribution in [0, 0.1) is 0 Å². The van der Waals surface area contributed by atoms with Crippen LogP contribution >= 0.6 is 43.5 Å². The van der Waals surface area contributed by atoms with Gasteiger partial charge in [-0.25, -0.2) is 0 Å². The Morgan fingerprint density at radius 3 is 2.86 bits per heavy atom. The Hall–Kier alpha value is 0.650. The van der Waals surface area contributed by atoms with E-state index in [0.29, 0.717) is 0 Å². The minimum absolute atomic E-state index is 0.00503. The van der Waals surface area contributed by atoms with Gasteiger partial charge in [0.2, 0.25) is 0 Å². The first-order valence-electron chi connectivity index (χ1n) is 7.33. The van der Waals surface area contributed by atoms with Crippen LogP contribution in [-0.2, 0) is 14.2 Å². The molecule has 0 unspecified atom stereocenters. The summed E-state index contributed by atoms with van der Waals surface area (Å²) in [4.78, 5) is 1.99. The van der Waals surface area contributed by atoms with Crippen molar-refractivity contribution < 1.29 is 14.2 Å². The molecule has 3 saturated heterocycles. The van der Waals surface area contributed by atoms with Crippen molar-refractivity contribution >= 4 is 43.5 Å². The number of hydrogen-bond acceptors (Lipinski definition) is 3. The molecule has 3 heterocycles. The average molecular weight is 443 g/mol. The van der Waals surface area contributed by atoms with E-state index < -0.39 is 5.79 Å². The van der Waals surface area contributed by atoms with Crippen molar-refractivity contribution in [2.75, 3.05) is 0 Å². The van der Waals surface area contributed by atoms with Gasteiger partial charge in [-0.1, -0.05) is 31.9 Å². The van der Waals surface area contributed by atoms with Gasteiger partial charge < -0.3 is 14.2 Å². The van der Waals surface area contributed by atoms with E-state index in [0.717, 1.165) is 25.7 Å². The molecule has 118 valence electrons. The minimum atomic E-state index is -0.451. The predicted molar refractivity (Wildman–Crippen MR) is 89.2 cm³/mol. The maximum absolute atomic E-state index is 6.56. The first kappa shape index (κ1) is 16.5. The van der Waals surface area contributed by atoms with E-state index in [2.05, 4.69) is 37.6 Å². The molecule has 0 saturated carbocycles. The number of ether oxygens (including phenoxy) is 3. The van der Waals surface area contributed by atoms with Gasteiger partial charge in [-0.15, -0.1) is 17.3 Å². The van der Waals surface area contributed by atoms with Gasteiger partial charge in [0, 0.05) is 29.1 Å². The third kappa shape index (κ3) is 3.45. The quantitative estimate of drug-likeness (QED) is 0.449. The normalized spacial score (nSPS) is 49.5. The lowest BCUT2D eigenvalue weighted by Crippen LogP contribution is -2.40. The molecule has 3 bridgehead atoms. The topological polar surface area (TPSA) is 27.7 Å². The molecule has 3 aliphatic heterocycles. The zero-order chi connectivity index (χ0) is 15.0. The molecule has 6 heteroatoms. The van der Waals surface area contributed by atoms with Crippen LogP contribution in [-0.4, -0.2) is 40.4 Å². The van der Waals surface area contributed by atoms with E-state index in [4.69, 9.17) is 25.8 Å². The molecular formula is C15H19Br2ClO3. The van der Waals surface area contributed by atoms with Crippen LogP contribution in [0.5, 0.6) is 0 Å². The fraction of sp³-hybridized carbons (Fsp3) is 0.800. The maximum Gasteiger partial charge on any atom is 0.170 e. The van der Waals surface area contributed by atoms with Crippen molar-refractivity contribution in [3.05, 3.63) is 16.8 Å². The molecule has 3 aliphatic rings.